The number of carbonyl (C=O) groups excluding carboxylic acids is 1. The summed E-state index contributed by atoms with van der Waals surface area (Å²) in [5.41, 5.74) is 3.58. The van der Waals surface area contributed by atoms with E-state index in [9.17, 15) is 4.79 Å². The number of ether oxygens (including phenoxy) is 4. The van der Waals surface area contributed by atoms with Crippen LogP contribution in [-0.2, 0) is 6.61 Å². The predicted molar refractivity (Wildman–Crippen MR) is 114 cm³/mol. The van der Waals surface area contributed by atoms with Crippen LogP contribution in [0.5, 0.6) is 23.0 Å². The van der Waals surface area contributed by atoms with Crippen LogP contribution in [0.3, 0.4) is 0 Å². The maximum atomic E-state index is 12.7. The number of hydrogen-bond acceptors (Lipinski definition) is 5. The number of aryl methyl sites for hydroxylation is 1. The molecule has 0 unspecified atom stereocenters. The molecule has 0 aromatic heterocycles. The van der Waals surface area contributed by atoms with Gasteiger partial charge in [0.2, 0.25) is 5.78 Å². The highest BCUT2D eigenvalue weighted by Crippen LogP contribution is 2.36. The number of allylic oxidation sites excluding steroid dienone is 1. The number of carbonyl (C=O) groups is 1. The summed E-state index contributed by atoms with van der Waals surface area (Å²) in [6.45, 7) is 2.50. The summed E-state index contributed by atoms with van der Waals surface area (Å²) in [5, 5.41) is 0. The summed E-state index contributed by atoms with van der Waals surface area (Å²) in [5.74, 6) is 2.45. The lowest BCUT2D eigenvalue weighted by Gasteiger charge is -2.09. The second kappa shape index (κ2) is 8.33. The van der Waals surface area contributed by atoms with E-state index in [1.165, 1.54) is 5.56 Å². The highest BCUT2D eigenvalue weighted by atomic mass is 16.5. The molecule has 3 aromatic carbocycles. The maximum Gasteiger partial charge on any atom is 0.231 e. The number of hydrogen-bond donors (Lipinski definition) is 0. The fourth-order valence-corrected chi connectivity index (χ4v) is 3.28. The van der Waals surface area contributed by atoms with Crippen LogP contribution >= 0.6 is 0 Å². The largest absolute Gasteiger partial charge is 0.493 e. The van der Waals surface area contributed by atoms with Gasteiger partial charge in [0.05, 0.1) is 19.8 Å². The first-order valence-electron chi connectivity index (χ1n) is 9.56. The Hall–Kier alpha value is -3.73. The molecule has 0 atom stereocenters. The van der Waals surface area contributed by atoms with Crippen molar-refractivity contribution in [2.75, 3.05) is 14.2 Å². The average Bonchev–Trinajstić information content (AvgIpc) is 3.07. The summed E-state index contributed by atoms with van der Waals surface area (Å²) in [6.07, 6.45) is 1.69. The fraction of sp³-hybridized carbons (Fsp3) is 0.160. The van der Waals surface area contributed by atoms with Crippen molar-refractivity contribution in [3.05, 3.63) is 88.7 Å². The van der Waals surface area contributed by atoms with E-state index in [1.807, 2.05) is 37.3 Å². The Morgan fingerprint density at radius 1 is 0.933 bits per heavy atom. The monoisotopic (exact) mass is 402 g/mol. The van der Waals surface area contributed by atoms with Crippen LogP contribution < -0.4 is 18.9 Å². The summed E-state index contributed by atoms with van der Waals surface area (Å²) in [6, 6.07) is 18.8. The minimum absolute atomic E-state index is 0.162. The van der Waals surface area contributed by atoms with Gasteiger partial charge in [-0.1, -0.05) is 30.3 Å². The van der Waals surface area contributed by atoms with Gasteiger partial charge >= 0.3 is 0 Å². The van der Waals surface area contributed by atoms with Crippen LogP contribution in [0.2, 0.25) is 0 Å². The van der Waals surface area contributed by atoms with Gasteiger partial charge in [0.15, 0.2) is 17.3 Å². The van der Waals surface area contributed by atoms with E-state index < -0.39 is 0 Å². The normalized spacial score (nSPS) is 13.7. The lowest BCUT2D eigenvalue weighted by atomic mass is 10.1. The van der Waals surface area contributed by atoms with Crippen LogP contribution in [-0.4, -0.2) is 20.0 Å². The highest BCUT2D eigenvalue weighted by Gasteiger charge is 2.27. The van der Waals surface area contributed by atoms with Crippen molar-refractivity contribution in [2.45, 2.75) is 13.5 Å². The lowest BCUT2D eigenvalue weighted by molar-refractivity contribution is 0.101. The number of Topliss-reactive ketones (excluding diaryl/α,β-unsaturated/α-hetero) is 1. The minimum atomic E-state index is -0.162. The van der Waals surface area contributed by atoms with Crippen LogP contribution in [0.25, 0.3) is 6.08 Å². The molecule has 5 heteroatoms. The van der Waals surface area contributed by atoms with Crippen LogP contribution in [0.1, 0.15) is 27.0 Å². The van der Waals surface area contributed by atoms with Crippen LogP contribution in [0.4, 0.5) is 0 Å². The van der Waals surface area contributed by atoms with E-state index in [2.05, 4.69) is 0 Å². The third kappa shape index (κ3) is 3.87. The van der Waals surface area contributed by atoms with E-state index >= 15 is 0 Å². The average molecular weight is 402 g/mol. The molecule has 0 N–H and O–H groups in total. The number of fused-ring (bicyclic) bond motifs is 1. The molecule has 0 saturated carbocycles. The van der Waals surface area contributed by atoms with Crippen molar-refractivity contribution in [1.82, 2.24) is 0 Å². The predicted octanol–water partition coefficient (Wildman–Crippen LogP) is 5.21. The van der Waals surface area contributed by atoms with Crippen molar-refractivity contribution in [1.29, 1.82) is 0 Å². The number of methoxy groups -OCH3 is 2. The zero-order valence-electron chi connectivity index (χ0n) is 17.1. The maximum absolute atomic E-state index is 12.7. The molecule has 0 aliphatic carbocycles. The van der Waals surface area contributed by atoms with Gasteiger partial charge in [-0.25, -0.2) is 0 Å². The Morgan fingerprint density at radius 2 is 1.73 bits per heavy atom. The van der Waals surface area contributed by atoms with Crippen LogP contribution in [0, 0.1) is 6.92 Å². The number of rotatable bonds is 6. The van der Waals surface area contributed by atoms with Crippen molar-refractivity contribution in [3.63, 3.8) is 0 Å². The second-order valence-electron chi connectivity index (χ2n) is 6.93. The summed E-state index contributed by atoms with van der Waals surface area (Å²) in [4.78, 5) is 12.7. The van der Waals surface area contributed by atoms with Crippen molar-refractivity contribution < 1.29 is 23.7 Å². The van der Waals surface area contributed by atoms with Gasteiger partial charge in [0.25, 0.3) is 0 Å². The van der Waals surface area contributed by atoms with Crippen LogP contribution in [0.15, 0.2) is 66.4 Å². The SMILES string of the molecule is COc1ccc(C=C2Oc3cc(OCc4ccccc4C)ccc3C2=O)cc1OC. The Balaban J connectivity index is 1.53. The second-order valence-corrected chi connectivity index (χ2v) is 6.93. The molecule has 1 aliphatic heterocycles. The van der Waals surface area contributed by atoms with E-state index in [1.54, 1.807) is 50.6 Å². The Kier molecular flexibility index (Phi) is 5.44. The first kappa shape index (κ1) is 19.6. The molecular weight excluding hydrogens is 380 g/mol. The third-order valence-electron chi connectivity index (χ3n) is 5.00. The molecule has 0 bridgehead atoms. The number of ketones is 1. The molecule has 1 heterocycles. The molecule has 0 amide bonds. The van der Waals surface area contributed by atoms with Gasteiger partial charge in [-0.15, -0.1) is 0 Å². The van der Waals surface area contributed by atoms with Gasteiger partial charge in [-0.2, -0.15) is 0 Å². The van der Waals surface area contributed by atoms with E-state index in [-0.39, 0.29) is 11.5 Å². The molecule has 0 saturated heterocycles. The van der Waals surface area contributed by atoms with E-state index in [0.717, 1.165) is 11.1 Å². The van der Waals surface area contributed by atoms with Crippen molar-refractivity contribution in [2.24, 2.45) is 0 Å². The molecule has 0 radical (unpaired) electrons. The number of benzene rings is 3. The third-order valence-corrected chi connectivity index (χ3v) is 5.00. The Labute approximate surface area is 175 Å². The molecule has 5 nitrogen and oxygen atoms in total. The molecule has 152 valence electrons. The Bertz CT molecular complexity index is 1130. The summed E-state index contributed by atoms with van der Waals surface area (Å²) < 4.78 is 22.3. The fourth-order valence-electron chi connectivity index (χ4n) is 3.28. The molecule has 30 heavy (non-hydrogen) atoms. The molecule has 4 rings (SSSR count). The lowest BCUT2D eigenvalue weighted by Crippen LogP contribution is -1.98. The Morgan fingerprint density at radius 3 is 2.50 bits per heavy atom. The van der Waals surface area contributed by atoms with E-state index in [4.69, 9.17) is 18.9 Å². The zero-order chi connectivity index (χ0) is 21.1. The zero-order valence-corrected chi connectivity index (χ0v) is 17.1. The minimum Gasteiger partial charge on any atom is -0.493 e. The van der Waals surface area contributed by atoms with Crippen molar-refractivity contribution in [3.8, 4) is 23.0 Å². The standard InChI is InChI=1S/C25H22O5/c1-16-6-4-5-7-18(16)15-29-19-9-10-20-22(14-19)30-24(25(20)26)13-17-8-11-21(27-2)23(12-17)28-3/h4-14H,15H2,1-3H3. The molecule has 3 aromatic rings. The van der Waals surface area contributed by atoms with Gasteiger partial charge < -0.3 is 18.9 Å². The summed E-state index contributed by atoms with van der Waals surface area (Å²) in [7, 11) is 3.15. The van der Waals surface area contributed by atoms with Crippen molar-refractivity contribution >= 4 is 11.9 Å². The quantitative estimate of drug-likeness (QED) is 0.530. The van der Waals surface area contributed by atoms with Gasteiger partial charge in [0.1, 0.15) is 18.1 Å². The molecule has 0 fully saturated rings. The smallest absolute Gasteiger partial charge is 0.231 e. The summed E-state index contributed by atoms with van der Waals surface area (Å²) >= 11 is 0. The first-order valence-corrected chi connectivity index (χ1v) is 9.56. The molecular formula is C25H22O5. The van der Waals surface area contributed by atoms with E-state index in [0.29, 0.717) is 35.2 Å². The topological polar surface area (TPSA) is 54.0 Å². The highest BCUT2D eigenvalue weighted by molar-refractivity contribution is 6.14. The van der Waals surface area contributed by atoms with Gasteiger partial charge in [-0.3, -0.25) is 4.79 Å². The molecule has 1 aliphatic rings. The molecule has 0 spiro atoms. The van der Waals surface area contributed by atoms with Gasteiger partial charge in [-0.05, 0) is 54.0 Å². The van der Waals surface area contributed by atoms with Gasteiger partial charge in [0, 0.05) is 6.07 Å². The first-order chi connectivity index (χ1) is 14.6.